The van der Waals surface area contributed by atoms with Gasteiger partial charge in [0.05, 0.1) is 19.3 Å². The standard InChI is InChI=1S/C23H39N3O2.HI/c1-4-6-7-8-19(3)26-23(24-5-2)25-17-20-9-11-21(12-10-20)18-28-22-13-15-27-16-14-22;/h9-12,19,22H,4-8,13-18H2,1-3H3,(H2,24,25,26);1H. The normalized spacial score (nSPS) is 16.2. The highest BCUT2D eigenvalue weighted by atomic mass is 127. The lowest BCUT2D eigenvalue weighted by Crippen LogP contribution is -2.42. The first-order valence-electron chi connectivity index (χ1n) is 11.0. The summed E-state index contributed by atoms with van der Waals surface area (Å²) in [6, 6.07) is 9.05. The average Bonchev–Trinajstić information content (AvgIpc) is 2.72. The summed E-state index contributed by atoms with van der Waals surface area (Å²) in [5, 5.41) is 6.87. The average molecular weight is 517 g/mol. The largest absolute Gasteiger partial charge is 0.381 e. The van der Waals surface area contributed by atoms with Crippen molar-refractivity contribution >= 4 is 29.9 Å². The number of benzene rings is 1. The van der Waals surface area contributed by atoms with Crippen LogP contribution in [0.2, 0.25) is 0 Å². The molecule has 0 aromatic heterocycles. The zero-order chi connectivity index (χ0) is 20.0. The molecule has 29 heavy (non-hydrogen) atoms. The van der Waals surface area contributed by atoms with E-state index in [1.807, 2.05) is 0 Å². The number of nitrogens with one attached hydrogen (secondary N) is 2. The number of ether oxygens (including phenoxy) is 2. The predicted molar refractivity (Wildman–Crippen MR) is 132 cm³/mol. The molecule has 1 aliphatic rings. The van der Waals surface area contributed by atoms with Crippen molar-refractivity contribution in [1.82, 2.24) is 10.6 Å². The van der Waals surface area contributed by atoms with Gasteiger partial charge in [0.2, 0.25) is 0 Å². The van der Waals surface area contributed by atoms with Gasteiger partial charge in [0.15, 0.2) is 5.96 Å². The maximum absolute atomic E-state index is 6.00. The van der Waals surface area contributed by atoms with Crippen LogP contribution in [0.3, 0.4) is 0 Å². The van der Waals surface area contributed by atoms with E-state index in [0.29, 0.717) is 25.3 Å². The molecule has 1 saturated heterocycles. The van der Waals surface area contributed by atoms with Gasteiger partial charge in [0, 0.05) is 25.8 Å². The highest BCUT2D eigenvalue weighted by Crippen LogP contribution is 2.14. The van der Waals surface area contributed by atoms with Gasteiger partial charge < -0.3 is 20.1 Å². The molecule has 0 radical (unpaired) electrons. The molecule has 0 spiro atoms. The van der Waals surface area contributed by atoms with E-state index in [-0.39, 0.29) is 24.0 Å². The first kappa shape index (κ1) is 26.2. The maximum atomic E-state index is 6.00. The van der Waals surface area contributed by atoms with Crippen LogP contribution in [0.15, 0.2) is 29.3 Å². The van der Waals surface area contributed by atoms with Gasteiger partial charge in [-0.25, -0.2) is 4.99 Å². The van der Waals surface area contributed by atoms with Crippen LogP contribution in [-0.2, 0) is 22.6 Å². The minimum absolute atomic E-state index is 0. The van der Waals surface area contributed by atoms with Gasteiger partial charge in [-0.1, -0.05) is 50.5 Å². The molecule has 1 aromatic carbocycles. The summed E-state index contributed by atoms with van der Waals surface area (Å²) in [6.45, 7) is 10.4. The highest BCUT2D eigenvalue weighted by Gasteiger charge is 2.13. The van der Waals surface area contributed by atoms with E-state index in [9.17, 15) is 0 Å². The van der Waals surface area contributed by atoms with Gasteiger partial charge in [0.25, 0.3) is 0 Å². The van der Waals surface area contributed by atoms with Crippen LogP contribution < -0.4 is 10.6 Å². The molecule has 1 aromatic rings. The summed E-state index contributed by atoms with van der Waals surface area (Å²) in [4.78, 5) is 4.75. The molecule has 0 bridgehead atoms. The second-order valence-electron chi connectivity index (χ2n) is 7.68. The molecule has 1 heterocycles. The molecule has 1 atom stereocenters. The number of rotatable bonds is 11. The Balaban J connectivity index is 0.00000420. The second-order valence-corrected chi connectivity index (χ2v) is 7.68. The maximum Gasteiger partial charge on any atom is 0.191 e. The summed E-state index contributed by atoms with van der Waals surface area (Å²) >= 11 is 0. The third-order valence-electron chi connectivity index (χ3n) is 5.06. The van der Waals surface area contributed by atoms with Crippen LogP contribution in [0.1, 0.15) is 70.4 Å². The second kappa shape index (κ2) is 15.9. The van der Waals surface area contributed by atoms with Crippen LogP contribution in [0.4, 0.5) is 0 Å². The van der Waals surface area contributed by atoms with E-state index in [1.165, 1.54) is 36.8 Å². The summed E-state index contributed by atoms with van der Waals surface area (Å²) in [6.07, 6.45) is 7.35. The minimum atomic E-state index is 0. The van der Waals surface area contributed by atoms with E-state index in [4.69, 9.17) is 14.5 Å². The van der Waals surface area contributed by atoms with Crippen molar-refractivity contribution in [3.63, 3.8) is 0 Å². The van der Waals surface area contributed by atoms with Crippen LogP contribution in [-0.4, -0.2) is 37.9 Å². The van der Waals surface area contributed by atoms with Crippen LogP contribution in [0, 0.1) is 0 Å². The molecule has 1 unspecified atom stereocenters. The smallest absolute Gasteiger partial charge is 0.191 e. The van der Waals surface area contributed by atoms with Crippen molar-refractivity contribution < 1.29 is 9.47 Å². The molecule has 5 nitrogen and oxygen atoms in total. The molecule has 0 amide bonds. The lowest BCUT2D eigenvalue weighted by atomic mass is 10.1. The molecule has 0 aliphatic carbocycles. The van der Waals surface area contributed by atoms with Crippen molar-refractivity contribution in [1.29, 1.82) is 0 Å². The summed E-state index contributed by atoms with van der Waals surface area (Å²) in [7, 11) is 0. The Morgan fingerprint density at radius 3 is 2.48 bits per heavy atom. The van der Waals surface area contributed by atoms with Gasteiger partial charge in [-0.2, -0.15) is 0 Å². The molecule has 1 fully saturated rings. The van der Waals surface area contributed by atoms with Crippen molar-refractivity contribution in [3.8, 4) is 0 Å². The topological polar surface area (TPSA) is 54.9 Å². The quantitative estimate of drug-likeness (QED) is 0.187. The lowest BCUT2D eigenvalue weighted by molar-refractivity contribution is -0.0390. The molecule has 1 aliphatic heterocycles. The van der Waals surface area contributed by atoms with Crippen molar-refractivity contribution in [3.05, 3.63) is 35.4 Å². The van der Waals surface area contributed by atoms with Crippen LogP contribution >= 0.6 is 24.0 Å². The fourth-order valence-corrected chi connectivity index (χ4v) is 3.29. The Kier molecular flexibility index (Phi) is 14.4. The molecule has 0 saturated carbocycles. The zero-order valence-corrected chi connectivity index (χ0v) is 20.7. The van der Waals surface area contributed by atoms with E-state index in [0.717, 1.165) is 38.6 Å². The number of hydrogen-bond donors (Lipinski definition) is 2. The fourth-order valence-electron chi connectivity index (χ4n) is 3.29. The van der Waals surface area contributed by atoms with Gasteiger partial charge >= 0.3 is 0 Å². The highest BCUT2D eigenvalue weighted by molar-refractivity contribution is 14.0. The third kappa shape index (κ3) is 11.2. The Morgan fingerprint density at radius 2 is 1.83 bits per heavy atom. The van der Waals surface area contributed by atoms with E-state index in [2.05, 4.69) is 55.7 Å². The monoisotopic (exact) mass is 517 g/mol. The van der Waals surface area contributed by atoms with E-state index >= 15 is 0 Å². The Bertz CT molecular complexity index is 560. The van der Waals surface area contributed by atoms with Gasteiger partial charge in [-0.15, -0.1) is 24.0 Å². The molecule has 166 valence electrons. The Morgan fingerprint density at radius 1 is 1.14 bits per heavy atom. The minimum Gasteiger partial charge on any atom is -0.381 e. The SMILES string of the molecule is CCCCCC(C)NC(=NCc1ccc(COC2CCOCC2)cc1)NCC.I. The first-order valence-corrected chi connectivity index (χ1v) is 11.0. The van der Waals surface area contributed by atoms with E-state index < -0.39 is 0 Å². The number of halogens is 1. The third-order valence-corrected chi connectivity index (χ3v) is 5.06. The van der Waals surface area contributed by atoms with Crippen LogP contribution in [0.5, 0.6) is 0 Å². The summed E-state index contributed by atoms with van der Waals surface area (Å²) in [5.41, 5.74) is 2.43. The van der Waals surface area contributed by atoms with Crippen molar-refractivity contribution in [2.24, 2.45) is 4.99 Å². The van der Waals surface area contributed by atoms with E-state index in [1.54, 1.807) is 0 Å². The summed E-state index contributed by atoms with van der Waals surface area (Å²) in [5.74, 6) is 0.901. The number of unbranched alkanes of at least 4 members (excludes halogenated alkanes) is 2. The van der Waals surface area contributed by atoms with Gasteiger partial charge in [-0.05, 0) is 44.2 Å². The lowest BCUT2D eigenvalue weighted by Gasteiger charge is -2.22. The fraction of sp³-hybridized carbons (Fsp3) is 0.696. The number of nitrogens with zero attached hydrogens (tertiary/aromatic N) is 1. The first-order chi connectivity index (χ1) is 13.7. The Hall–Kier alpha value is -0.860. The van der Waals surface area contributed by atoms with Crippen LogP contribution in [0.25, 0.3) is 0 Å². The molecule has 6 heteroatoms. The van der Waals surface area contributed by atoms with Gasteiger partial charge in [-0.3, -0.25) is 0 Å². The van der Waals surface area contributed by atoms with Crippen molar-refractivity contribution in [2.75, 3.05) is 19.8 Å². The Labute approximate surface area is 194 Å². The van der Waals surface area contributed by atoms with Gasteiger partial charge in [0.1, 0.15) is 0 Å². The number of aliphatic imine (C=N–C) groups is 1. The zero-order valence-electron chi connectivity index (χ0n) is 18.4. The van der Waals surface area contributed by atoms with Crippen molar-refractivity contribution in [2.45, 2.75) is 84.6 Å². The molecular formula is C23H40IN3O2. The summed E-state index contributed by atoms with van der Waals surface area (Å²) < 4.78 is 11.4. The molecule has 2 N–H and O–H groups in total. The molecule has 2 rings (SSSR count). The predicted octanol–water partition coefficient (Wildman–Crippen LogP) is 5.02. The molecular weight excluding hydrogens is 477 g/mol. The number of guanidine groups is 1. The number of hydrogen-bond acceptors (Lipinski definition) is 3.